The Morgan fingerprint density at radius 1 is 0.320 bits per heavy atom. The van der Waals surface area contributed by atoms with Gasteiger partial charge in [0.25, 0.3) is 0 Å². The number of carboxylic acids is 1. The SMILES string of the molecule is CC(=O)N[C@H]1[C@H](O[C@H]2[C@@H](O)[C@@H](CO)O[C@@H](O[C@H]3[C@@H](O)[C@@H](CO)O[C@H](OC[C@H](NC(=O)[C@H](COC(C)=O)NC(=O)[C@H](COC(C)=O)NC(C)=O)C(=O)N[C@@H](C)C(=O)N[C@H](C(=O)N[C@@H](C)C(=O)N[C@H](C(=O)O)C(C)C)C(C)C)[C@@H]3NC(C)=O)[C@@H]2O)O[C@H](CO)[C@@H](O[C@@H]2O[C@H](CO)[C@H](O)[C@H](O)[C@H]2O[C@@H]2O[C@@H](C)[C@@H](O)[C@@H](O)[C@@H]2O)[C@@H]1O[C@@H]1O[C@@H](C)[C@@H](O)[C@@H](O)[C@@H]1O. The first-order valence-corrected chi connectivity index (χ1v) is 39.0. The predicted octanol–water partition coefficient (Wildman–Crippen LogP) is -14.8. The Morgan fingerprint density at radius 3 is 1.14 bits per heavy atom. The van der Waals surface area contributed by atoms with Crippen LogP contribution in [0.5, 0.6) is 0 Å². The van der Waals surface area contributed by atoms with E-state index >= 15 is 0 Å². The smallest absolute Gasteiger partial charge is 0.326 e. The number of amides is 9. The molecule has 9 amide bonds. The molecule has 698 valence electrons. The molecule has 0 aromatic carbocycles. The third kappa shape index (κ3) is 27.1. The molecule has 6 aliphatic heterocycles. The second-order valence-corrected chi connectivity index (χ2v) is 30.7. The van der Waals surface area contributed by atoms with Crippen molar-refractivity contribution in [2.24, 2.45) is 11.8 Å². The van der Waals surface area contributed by atoms with E-state index in [1.54, 1.807) is 0 Å². The summed E-state index contributed by atoms with van der Waals surface area (Å²) in [5.74, 6) is -14.6. The number of aliphatic hydroxyl groups is 15. The molecule has 51 heteroatoms. The van der Waals surface area contributed by atoms with Crippen molar-refractivity contribution in [3.8, 4) is 0 Å². The van der Waals surface area contributed by atoms with Gasteiger partial charge in [0.05, 0.1) is 45.2 Å². The Kier molecular flexibility index (Phi) is 39.5. The fourth-order valence-electron chi connectivity index (χ4n) is 13.6. The first-order valence-electron chi connectivity index (χ1n) is 39.0. The zero-order valence-electron chi connectivity index (χ0n) is 68.7. The van der Waals surface area contributed by atoms with Crippen LogP contribution in [-0.4, -0.2) is 425 Å². The molecule has 0 aromatic rings. The third-order valence-electron chi connectivity index (χ3n) is 20.4. The minimum atomic E-state index is -2.51. The van der Waals surface area contributed by atoms with E-state index in [2.05, 4.69) is 47.9 Å². The summed E-state index contributed by atoms with van der Waals surface area (Å²) in [7, 11) is 0. The standard InChI is InChI=1S/C71H117N9O42/c1-21(2)39(64(106)73-24(6)60(102)80-40(22(3)4)65(107)108)79-59(101)23(5)72-61(103)34(78-63(105)33(19-110-31(13)89)77-62(104)32(74-27(9)85)18-109-30(12)88)20-111-66-41(75-28(10)86)55(46(93)36(15-82)114-66)119-70-53(100)57(47(94)37(16-83)115-70)121-67-42(76-29(11)87)56(120-68-51(98)48(95)43(90)25(7)112-68)54(38(17-84)117-67)118-71-58(50(97)45(92)35(14-81)116-71)122-69-52(99)49(96)44(91)26(8)113-69/h21-26,32-58,66-71,81-84,90-100H,14-20H2,1-13H3,(H,72,103)(H,73,106)(H,74,85)(H,75,86)(H,76,87)(H,77,104)(H,78,105)(H,79,101)(H,80,102)(H,107,108)/t23-,24-,25-,26-,32-,33-,34-,35+,36+,37+,38+,39-,40-,41+,42+,43+,44+,45-,46-,47-,48+,49+,50-,51-,52-,53+,54+,55+,56+,57-,58+,66-,67-,68-,69-,70-,71-/m0/s1. The maximum Gasteiger partial charge on any atom is 0.326 e. The van der Waals surface area contributed by atoms with Crippen LogP contribution in [0.3, 0.4) is 0 Å². The van der Waals surface area contributed by atoms with Gasteiger partial charge in [-0.1, -0.05) is 27.7 Å². The molecule has 6 saturated heterocycles. The maximum atomic E-state index is 14.8. The van der Waals surface area contributed by atoms with Crippen LogP contribution in [0.25, 0.3) is 0 Å². The number of carbonyl (C=O) groups is 12. The Labute approximate surface area is 696 Å². The molecular weight excluding hydrogens is 1650 g/mol. The molecule has 0 aliphatic carbocycles. The number of hydrogen-bond acceptors (Lipinski definition) is 41. The van der Waals surface area contributed by atoms with Gasteiger partial charge in [0.1, 0.15) is 190 Å². The summed E-state index contributed by atoms with van der Waals surface area (Å²) < 4.78 is 82.5. The number of carbonyl (C=O) groups excluding carboxylic acids is 11. The van der Waals surface area contributed by atoms with Gasteiger partial charge in [-0.2, -0.15) is 0 Å². The van der Waals surface area contributed by atoms with Crippen LogP contribution in [0.15, 0.2) is 0 Å². The lowest BCUT2D eigenvalue weighted by Gasteiger charge is -2.52. The Balaban J connectivity index is 1.37. The van der Waals surface area contributed by atoms with Gasteiger partial charge in [0.15, 0.2) is 37.7 Å². The summed E-state index contributed by atoms with van der Waals surface area (Å²) in [5.41, 5.74) is 0. The fourth-order valence-corrected chi connectivity index (χ4v) is 13.6. The largest absolute Gasteiger partial charge is 0.480 e. The number of aliphatic carboxylic acids is 1. The molecule has 0 bridgehead atoms. The average Bonchev–Trinajstić information content (AvgIpc) is 0.774. The van der Waals surface area contributed by atoms with Crippen LogP contribution < -0.4 is 47.9 Å². The first kappa shape index (κ1) is 103. The van der Waals surface area contributed by atoms with Gasteiger partial charge in [-0.25, -0.2) is 4.79 Å². The summed E-state index contributed by atoms with van der Waals surface area (Å²) in [6.45, 7) is 7.67. The van der Waals surface area contributed by atoms with Crippen LogP contribution in [0.1, 0.15) is 90.0 Å². The van der Waals surface area contributed by atoms with Crippen molar-refractivity contribution in [2.45, 2.75) is 316 Å². The number of esters is 2. The molecule has 51 nitrogen and oxygen atoms in total. The highest BCUT2D eigenvalue weighted by molar-refractivity contribution is 5.97. The molecule has 0 spiro atoms. The lowest BCUT2D eigenvalue weighted by molar-refractivity contribution is -0.400. The van der Waals surface area contributed by atoms with E-state index in [4.69, 9.17) is 66.3 Å². The van der Waals surface area contributed by atoms with Crippen LogP contribution in [0.4, 0.5) is 0 Å². The molecule has 0 unspecified atom stereocenters. The van der Waals surface area contributed by atoms with Gasteiger partial charge in [0.2, 0.25) is 53.2 Å². The molecule has 122 heavy (non-hydrogen) atoms. The number of rotatable bonds is 39. The van der Waals surface area contributed by atoms with Gasteiger partial charge < -0.3 is 196 Å². The van der Waals surface area contributed by atoms with Crippen molar-refractivity contribution in [1.29, 1.82) is 0 Å². The van der Waals surface area contributed by atoms with Gasteiger partial charge >= 0.3 is 17.9 Å². The number of aliphatic hydroxyl groups excluding tert-OH is 15. The minimum Gasteiger partial charge on any atom is -0.480 e. The first-order chi connectivity index (χ1) is 57.1. The molecule has 6 aliphatic rings. The van der Waals surface area contributed by atoms with Crippen LogP contribution in [-0.2, 0) is 124 Å². The molecule has 6 fully saturated rings. The van der Waals surface area contributed by atoms with Crippen LogP contribution in [0, 0.1) is 11.8 Å². The lowest BCUT2D eigenvalue weighted by atomic mass is 9.93. The van der Waals surface area contributed by atoms with Gasteiger partial charge in [-0.3, -0.25) is 52.7 Å². The fraction of sp³-hybridized carbons (Fsp3) is 0.831. The molecule has 0 radical (unpaired) electrons. The van der Waals surface area contributed by atoms with Gasteiger partial charge in [-0.15, -0.1) is 0 Å². The van der Waals surface area contributed by atoms with Crippen molar-refractivity contribution >= 4 is 71.1 Å². The summed E-state index contributed by atoms with van der Waals surface area (Å²) in [6.07, 6.45) is -57.2. The zero-order valence-corrected chi connectivity index (χ0v) is 68.7. The highest BCUT2D eigenvalue weighted by Crippen LogP contribution is 2.39. The van der Waals surface area contributed by atoms with Crippen molar-refractivity contribution < 1.29 is 206 Å². The molecule has 6 rings (SSSR count). The monoisotopic (exact) mass is 1770 g/mol. The van der Waals surface area contributed by atoms with E-state index in [0.717, 1.165) is 41.5 Å². The number of carboxylic acid groups (broad SMARTS) is 1. The second kappa shape index (κ2) is 46.7. The Morgan fingerprint density at radius 2 is 0.689 bits per heavy atom. The summed E-state index contributed by atoms with van der Waals surface area (Å²) in [5, 5.41) is 199. The van der Waals surface area contributed by atoms with Crippen molar-refractivity contribution in [1.82, 2.24) is 47.9 Å². The van der Waals surface area contributed by atoms with Gasteiger partial charge in [-0.05, 0) is 39.5 Å². The number of hydrogen-bond donors (Lipinski definition) is 25. The van der Waals surface area contributed by atoms with Gasteiger partial charge in [0, 0.05) is 34.6 Å². The quantitative estimate of drug-likeness (QED) is 0.0254. The van der Waals surface area contributed by atoms with Crippen LogP contribution in [0.2, 0.25) is 0 Å². The predicted molar refractivity (Wildman–Crippen MR) is 394 cm³/mol. The van der Waals surface area contributed by atoms with E-state index in [9.17, 15) is 139 Å². The third-order valence-corrected chi connectivity index (χ3v) is 20.4. The van der Waals surface area contributed by atoms with Crippen LogP contribution >= 0.6 is 0 Å². The Bertz CT molecular complexity index is 3510. The molecule has 37 atom stereocenters. The van der Waals surface area contributed by atoms with E-state index < -0.39 is 356 Å². The molecular formula is C71H117N9O42. The molecule has 0 aromatic heterocycles. The minimum absolute atomic E-state index is 0.590. The Hall–Kier alpha value is -7.44. The summed E-state index contributed by atoms with van der Waals surface area (Å²) in [4.78, 5) is 159. The van der Waals surface area contributed by atoms with E-state index in [1.165, 1.54) is 48.5 Å². The lowest BCUT2D eigenvalue weighted by Crippen LogP contribution is -2.71. The summed E-state index contributed by atoms with van der Waals surface area (Å²) in [6, 6.07) is -16.0. The van der Waals surface area contributed by atoms with Crippen molar-refractivity contribution in [3.05, 3.63) is 0 Å². The van der Waals surface area contributed by atoms with Crippen molar-refractivity contribution in [3.63, 3.8) is 0 Å². The van der Waals surface area contributed by atoms with Crippen molar-refractivity contribution in [2.75, 3.05) is 46.2 Å². The topological polar surface area (TPSA) is 766 Å². The van der Waals surface area contributed by atoms with E-state index in [1.807, 2.05) is 0 Å². The van der Waals surface area contributed by atoms with E-state index in [0.29, 0.717) is 0 Å². The second-order valence-electron chi connectivity index (χ2n) is 30.7. The highest BCUT2D eigenvalue weighted by Gasteiger charge is 2.60. The normalized spacial score (nSPS) is 36.0. The molecule has 6 heterocycles. The number of ether oxygens (including phenoxy) is 14. The molecule has 0 saturated carbocycles. The zero-order chi connectivity index (χ0) is 91.7. The maximum absolute atomic E-state index is 14.8. The van der Waals surface area contributed by atoms with E-state index in [-0.39, 0.29) is 0 Å². The highest BCUT2D eigenvalue weighted by atomic mass is 16.8. The molecule has 25 N–H and O–H groups in total. The summed E-state index contributed by atoms with van der Waals surface area (Å²) >= 11 is 0. The number of nitrogens with one attached hydrogen (secondary N) is 9. The average molecular weight is 1770 g/mol.